The van der Waals surface area contributed by atoms with Crippen LogP contribution in [0.25, 0.3) is 0 Å². The molecule has 0 saturated carbocycles. The van der Waals surface area contributed by atoms with Gasteiger partial charge in [-0.05, 0) is 32.4 Å². The van der Waals surface area contributed by atoms with E-state index in [1.54, 1.807) is 4.68 Å². The summed E-state index contributed by atoms with van der Waals surface area (Å²) in [5, 5.41) is 10.8. The van der Waals surface area contributed by atoms with Crippen LogP contribution in [0.5, 0.6) is 5.75 Å². The lowest BCUT2D eigenvalue weighted by Crippen LogP contribution is -2.36. The van der Waals surface area contributed by atoms with Crippen LogP contribution in [0.4, 0.5) is 0 Å². The number of aromatic nitrogens is 2. The first kappa shape index (κ1) is 24.2. The second-order valence-electron chi connectivity index (χ2n) is 6.23. The molecule has 0 radical (unpaired) electrons. The monoisotopic (exact) mass is 501 g/mol. The van der Waals surface area contributed by atoms with Gasteiger partial charge in [-0.2, -0.15) is 5.10 Å². The number of ether oxygens (including phenoxy) is 2. The Labute approximate surface area is 184 Å². The molecular formula is C20H32IN5O2. The van der Waals surface area contributed by atoms with Crippen LogP contribution in [0, 0.1) is 6.92 Å². The lowest BCUT2D eigenvalue weighted by molar-refractivity contribution is 0.110. The molecule has 0 bridgehead atoms. The van der Waals surface area contributed by atoms with Crippen LogP contribution in [0.3, 0.4) is 0 Å². The Morgan fingerprint density at radius 3 is 2.71 bits per heavy atom. The highest BCUT2D eigenvalue weighted by atomic mass is 127. The fourth-order valence-electron chi connectivity index (χ4n) is 2.54. The van der Waals surface area contributed by atoms with E-state index in [0.717, 1.165) is 29.4 Å². The van der Waals surface area contributed by atoms with Crippen molar-refractivity contribution in [3.05, 3.63) is 47.3 Å². The lowest BCUT2D eigenvalue weighted by atomic mass is 10.1. The molecule has 156 valence electrons. The zero-order valence-corrected chi connectivity index (χ0v) is 19.5. The molecule has 2 N–H and O–H groups in total. The predicted octanol–water partition coefficient (Wildman–Crippen LogP) is 3.02. The van der Waals surface area contributed by atoms with Gasteiger partial charge in [0, 0.05) is 44.1 Å². The minimum atomic E-state index is 0. The highest BCUT2D eigenvalue weighted by Gasteiger charge is 2.06. The summed E-state index contributed by atoms with van der Waals surface area (Å²) >= 11 is 0. The number of hydrogen-bond acceptors (Lipinski definition) is 4. The molecule has 0 fully saturated rings. The Bertz CT molecular complexity index is 733. The van der Waals surface area contributed by atoms with Crippen molar-refractivity contribution in [1.29, 1.82) is 0 Å². The molecule has 2 aromatic rings. The zero-order valence-electron chi connectivity index (χ0n) is 17.2. The Balaban J connectivity index is 0.00000392. The summed E-state index contributed by atoms with van der Waals surface area (Å²) in [6.07, 6.45) is 3.80. The molecule has 1 aromatic carbocycles. The fourth-order valence-corrected chi connectivity index (χ4v) is 2.54. The zero-order chi connectivity index (χ0) is 19.5. The Kier molecular flexibility index (Phi) is 11.6. The van der Waals surface area contributed by atoms with E-state index in [9.17, 15) is 0 Å². The van der Waals surface area contributed by atoms with Crippen LogP contribution < -0.4 is 15.4 Å². The van der Waals surface area contributed by atoms with Crippen LogP contribution >= 0.6 is 24.0 Å². The van der Waals surface area contributed by atoms with Crippen molar-refractivity contribution in [2.45, 2.75) is 33.9 Å². The standard InChI is InChI=1S/C20H31N5O2.HI/c1-5-21-20(22-12-17-13-24-25(4)15-17)23-14-18-8-7-16(3)11-19(18)27-10-9-26-6-2;/h7-8,11,13,15H,5-6,9-10,12,14H2,1-4H3,(H2,21,22,23);1H. The average molecular weight is 501 g/mol. The summed E-state index contributed by atoms with van der Waals surface area (Å²) < 4.78 is 13.0. The van der Waals surface area contributed by atoms with Crippen molar-refractivity contribution in [3.8, 4) is 5.75 Å². The number of aryl methyl sites for hydroxylation is 2. The first-order valence-corrected chi connectivity index (χ1v) is 9.42. The average Bonchev–Trinajstić information content (AvgIpc) is 3.07. The minimum Gasteiger partial charge on any atom is -0.491 e. The molecule has 8 heteroatoms. The molecule has 28 heavy (non-hydrogen) atoms. The van der Waals surface area contributed by atoms with Gasteiger partial charge in [-0.15, -0.1) is 24.0 Å². The predicted molar refractivity (Wildman–Crippen MR) is 123 cm³/mol. The number of halogens is 1. The maximum atomic E-state index is 5.91. The third kappa shape index (κ3) is 8.47. The van der Waals surface area contributed by atoms with Gasteiger partial charge in [0.25, 0.3) is 0 Å². The van der Waals surface area contributed by atoms with E-state index in [1.807, 2.05) is 26.4 Å². The second kappa shape index (κ2) is 13.4. The molecule has 0 aliphatic rings. The molecule has 0 amide bonds. The Morgan fingerprint density at radius 1 is 1.21 bits per heavy atom. The van der Waals surface area contributed by atoms with Crippen molar-refractivity contribution < 1.29 is 9.47 Å². The molecule has 0 spiro atoms. The first-order valence-electron chi connectivity index (χ1n) is 9.42. The summed E-state index contributed by atoms with van der Waals surface area (Å²) in [4.78, 5) is 4.63. The van der Waals surface area contributed by atoms with Gasteiger partial charge in [0.2, 0.25) is 0 Å². The van der Waals surface area contributed by atoms with Crippen molar-refractivity contribution in [2.75, 3.05) is 26.4 Å². The molecule has 0 aliphatic carbocycles. The van der Waals surface area contributed by atoms with Crippen molar-refractivity contribution >= 4 is 29.9 Å². The number of nitrogens with one attached hydrogen (secondary N) is 2. The maximum Gasteiger partial charge on any atom is 0.191 e. The summed E-state index contributed by atoms with van der Waals surface area (Å²) in [7, 11) is 1.90. The van der Waals surface area contributed by atoms with Gasteiger partial charge in [0.15, 0.2) is 5.96 Å². The largest absolute Gasteiger partial charge is 0.491 e. The summed E-state index contributed by atoms with van der Waals surface area (Å²) in [5.74, 6) is 1.65. The van der Waals surface area contributed by atoms with Crippen molar-refractivity contribution in [3.63, 3.8) is 0 Å². The quantitative estimate of drug-likeness (QED) is 0.227. The van der Waals surface area contributed by atoms with Crippen LogP contribution in [-0.2, 0) is 24.9 Å². The van der Waals surface area contributed by atoms with Crippen LogP contribution in [0.15, 0.2) is 35.6 Å². The molecule has 0 atom stereocenters. The number of nitrogens with zero attached hydrogens (tertiary/aromatic N) is 3. The molecule has 0 unspecified atom stereocenters. The van der Waals surface area contributed by atoms with E-state index in [1.165, 1.54) is 5.56 Å². The summed E-state index contributed by atoms with van der Waals surface area (Å²) in [5.41, 5.74) is 3.33. The van der Waals surface area contributed by atoms with Crippen LogP contribution in [0.1, 0.15) is 30.5 Å². The molecule has 2 rings (SSSR count). The Morgan fingerprint density at radius 2 is 2.04 bits per heavy atom. The highest BCUT2D eigenvalue weighted by molar-refractivity contribution is 14.0. The lowest BCUT2D eigenvalue weighted by Gasteiger charge is -2.15. The van der Waals surface area contributed by atoms with Gasteiger partial charge < -0.3 is 20.1 Å². The van der Waals surface area contributed by atoms with Gasteiger partial charge in [0.1, 0.15) is 12.4 Å². The molecule has 7 nitrogen and oxygen atoms in total. The van der Waals surface area contributed by atoms with E-state index in [4.69, 9.17) is 9.47 Å². The molecule has 0 aliphatic heterocycles. The Hall–Kier alpha value is -1.81. The maximum absolute atomic E-state index is 5.91. The summed E-state index contributed by atoms with van der Waals surface area (Å²) in [6, 6.07) is 6.23. The van der Waals surface area contributed by atoms with Crippen molar-refractivity contribution in [1.82, 2.24) is 20.4 Å². The van der Waals surface area contributed by atoms with Crippen LogP contribution in [0.2, 0.25) is 0 Å². The van der Waals surface area contributed by atoms with Gasteiger partial charge >= 0.3 is 0 Å². The van der Waals surface area contributed by atoms with Gasteiger partial charge in [-0.25, -0.2) is 4.99 Å². The van der Waals surface area contributed by atoms with Crippen molar-refractivity contribution in [2.24, 2.45) is 12.0 Å². The third-order valence-electron chi connectivity index (χ3n) is 3.88. The first-order chi connectivity index (χ1) is 13.1. The van der Waals surface area contributed by atoms with Gasteiger partial charge in [-0.3, -0.25) is 4.68 Å². The normalized spacial score (nSPS) is 11.1. The molecule has 1 aromatic heterocycles. The SMILES string of the molecule is CCNC(=NCc1cnn(C)c1)NCc1ccc(C)cc1OCCOCC.I. The van der Waals surface area contributed by atoms with Crippen LogP contribution in [-0.4, -0.2) is 42.1 Å². The summed E-state index contributed by atoms with van der Waals surface area (Å²) in [6.45, 7) is 9.93. The number of benzene rings is 1. The highest BCUT2D eigenvalue weighted by Crippen LogP contribution is 2.20. The number of hydrogen-bond donors (Lipinski definition) is 2. The molecule has 0 saturated heterocycles. The molecular weight excluding hydrogens is 469 g/mol. The van der Waals surface area contributed by atoms with E-state index < -0.39 is 0 Å². The molecule has 1 heterocycles. The topological polar surface area (TPSA) is 72.7 Å². The van der Waals surface area contributed by atoms with E-state index in [0.29, 0.717) is 32.9 Å². The third-order valence-corrected chi connectivity index (χ3v) is 3.88. The number of rotatable bonds is 10. The smallest absolute Gasteiger partial charge is 0.191 e. The van der Waals surface area contributed by atoms with Gasteiger partial charge in [-0.1, -0.05) is 12.1 Å². The van der Waals surface area contributed by atoms with E-state index in [-0.39, 0.29) is 24.0 Å². The number of aliphatic imine (C=N–C) groups is 1. The van der Waals surface area contributed by atoms with E-state index in [2.05, 4.69) is 52.8 Å². The fraction of sp³-hybridized carbons (Fsp3) is 0.500. The second-order valence-corrected chi connectivity index (χ2v) is 6.23. The van der Waals surface area contributed by atoms with E-state index >= 15 is 0 Å². The number of guanidine groups is 1. The van der Waals surface area contributed by atoms with Gasteiger partial charge in [0.05, 0.1) is 19.3 Å². The minimum absolute atomic E-state index is 0.